The molecule has 0 saturated carbocycles. The van der Waals surface area contributed by atoms with Crippen molar-refractivity contribution in [2.24, 2.45) is 7.05 Å². The van der Waals surface area contributed by atoms with E-state index in [9.17, 15) is 0 Å². The zero-order valence-electron chi connectivity index (χ0n) is 15.7. The number of benzene rings is 2. The maximum atomic E-state index is 4.70. The third-order valence-corrected chi connectivity index (χ3v) is 4.37. The first-order valence-corrected chi connectivity index (χ1v) is 8.91. The molecule has 0 atom stereocenters. The van der Waals surface area contributed by atoms with Crippen molar-refractivity contribution in [3.8, 4) is 0 Å². The second-order valence-electron chi connectivity index (χ2n) is 6.74. The minimum absolute atomic E-state index is 0.548. The van der Waals surface area contributed by atoms with Crippen LogP contribution in [0.15, 0.2) is 54.7 Å². The minimum atomic E-state index is 0.548. The lowest BCUT2D eigenvalue weighted by Gasteiger charge is -2.11. The van der Waals surface area contributed by atoms with Gasteiger partial charge in [-0.3, -0.25) is 4.68 Å². The summed E-state index contributed by atoms with van der Waals surface area (Å²) < 4.78 is 1.76. The first-order chi connectivity index (χ1) is 13.1. The Morgan fingerprint density at radius 3 is 2.44 bits per heavy atom. The van der Waals surface area contributed by atoms with Crippen LogP contribution in [0.2, 0.25) is 0 Å². The molecule has 2 aromatic carbocycles. The Labute approximate surface area is 158 Å². The van der Waals surface area contributed by atoms with Crippen molar-refractivity contribution in [3.05, 3.63) is 71.4 Å². The van der Waals surface area contributed by atoms with Gasteiger partial charge in [-0.1, -0.05) is 36.4 Å². The Kier molecular flexibility index (Phi) is 4.46. The van der Waals surface area contributed by atoms with E-state index in [1.807, 2.05) is 25.2 Å². The van der Waals surface area contributed by atoms with Gasteiger partial charge in [0.15, 0.2) is 5.65 Å². The number of aromatic nitrogens is 4. The maximum Gasteiger partial charge on any atom is 0.231 e. The summed E-state index contributed by atoms with van der Waals surface area (Å²) in [5.41, 5.74) is 5.34. The number of fused-ring (bicyclic) bond motifs is 1. The zero-order chi connectivity index (χ0) is 18.8. The van der Waals surface area contributed by atoms with E-state index in [0.29, 0.717) is 12.5 Å². The molecule has 0 bridgehead atoms. The highest BCUT2D eigenvalue weighted by Gasteiger charge is 2.12. The molecular weight excluding hydrogens is 336 g/mol. The number of hydrogen-bond acceptors (Lipinski definition) is 5. The van der Waals surface area contributed by atoms with Gasteiger partial charge in [0.1, 0.15) is 5.82 Å². The van der Waals surface area contributed by atoms with Crippen molar-refractivity contribution in [3.63, 3.8) is 0 Å². The largest absolute Gasteiger partial charge is 0.365 e. The van der Waals surface area contributed by atoms with Crippen LogP contribution in [0.1, 0.15) is 16.7 Å². The number of hydrogen-bond donors (Lipinski definition) is 2. The Bertz CT molecular complexity index is 1060. The average molecular weight is 358 g/mol. The molecule has 0 radical (unpaired) electrons. The molecule has 4 rings (SSSR count). The summed E-state index contributed by atoms with van der Waals surface area (Å²) in [5, 5.41) is 12.0. The summed E-state index contributed by atoms with van der Waals surface area (Å²) in [4.78, 5) is 9.34. The van der Waals surface area contributed by atoms with Crippen molar-refractivity contribution in [1.29, 1.82) is 0 Å². The third kappa shape index (κ3) is 3.74. The van der Waals surface area contributed by atoms with Crippen LogP contribution in [0.4, 0.5) is 17.5 Å². The van der Waals surface area contributed by atoms with Crippen molar-refractivity contribution >= 4 is 28.5 Å². The van der Waals surface area contributed by atoms with Gasteiger partial charge < -0.3 is 10.6 Å². The van der Waals surface area contributed by atoms with Gasteiger partial charge in [-0.25, -0.2) is 0 Å². The highest BCUT2D eigenvalue weighted by atomic mass is 15.3. The van der Waals surface area contributed by atoms with E-state index in [2.05, 4.69) is 64.9 Å². The lowest BCUT2D eigenvalue weighted by atomic mass is 10.1. The fourth-order valence-corrected chi connectivity index (χ4v) is 3.17. The lowest BCUT2D eigenvalue weighted by Crippen LogP contribution is -2.06. The monoisotopic (exact) mass is 358 g/mol. The van der Waals surface area contributed by atoms with Crippen molar-refractivity contribution in [1.82, 2.24) is 19.7 Å². The Balaban J connectivity index is 1.68. The number of anilines is 3. The fraction of sp³-hybridized carbons (Fsp3) is 0.190. The molecule has 0 aliphatic carbocycles. The molecule has 0 aliphatic heterocycles. The Morgan fingerprint density at radius 1 is 0.963 bits per heavy atom. The van der Waals surface area contributed by atoms with Gasteiger partial charge in [-0.15, -0.1) is 0 Å². The average Bonchev–Trinajstić information content (AvgIpc) is 3.01. The molecule has 6 heteroatoms. The third-order valence-electron chi connectivity index (χ3n) is 4.37. The van der Waals surface area contributed by atoms with Crippen molar-refractivity contribution < 1.29 is 0 Å². The standard InChI is InChI=1S/C21H22N6/c1-14-9-15(2)11-17(10-14)24-21-25-19(18-13-23-27(3)20(18)26-21)22-12-16-7-5-4-6-8-16/h4-11,13H,12H2,1-3H3,(H2,22,24,25,26). The van der Waals surface area contributed by atoms with Crippen LogP contribution in [-0.2, 0) is 13.6 Å². The topological polar surface area (TPSA) is 67.7 Å². The first-order valence-electron chi connectivity index (χ1n) is 8.91. The van der Waals surface area contributed by atoms with Gasteiger partial charge in [0.25, 0.3) is 0 Å². The maximum absolute atomic E-state index is 4.70. The van der Waals surface area contributed by atoms with Gasteiger partial charge in [-0.05, 0) is 42.7 Å². The molecule has 2 aromatic heterocycles. The minimum Gasteiger partial charge on any atom is -0.365 e. The lowest BCUT2D eigenvalue weighted by molar-refractivity contribution is 0.786. The summed E-state index contributed by atoms with van der Waals surface area (Å²) >= 11 is 0. The van der Waals surface area contributed by atoms with Crippen LogP contribution in [0, 0.1) is 13.8 Å². The molecule has 2 heterocycles. The van der Waals surface area contributed by atoms with Crippen LogP contribution in [0.3, 0.4) is 0 Å². The van der Waals surface area contributed by atoms with Crippen LogP contribution < -0.4 is 10.6 Å². The molecule has 0 fully saturated rings. The molecule has 0 aliphatic rings. The van der Waals surface area contributed by atoms with E-state index in [4.69, 9.17) is 4.98 Å². The van der Waals surface area contributed by atoms with Crippen molar-refractivity contribution in [2.75, 3.05) is 10.6 Å². The summed E-state index contributed by atoms with van der Waals surface area (Å²) in [6, 6.07) is 16.6. The number of aryl methyl sites for hydroxylation is 3. The molecule has 27 heavy (non-hydrogen) atoms. The fourth-order valence-electron chi connectivity index (χ4n) is 3.17. The second kappa shape index (κ2) is 7.07. The number of nitrogens with one attached hydrogen (secondary N) is 2. The zero-order valence-corrected chi connectivity index (χ0v) is 15.7. The van der Waals surface area contributed by atoms with E-state index in [-0.39, 0.29) is 0 Å². The molecule has 0 saturated heterocycles. The smallest absolute Gasteiger partial charge is 0.231 e. The Hall–Kier alpha value is -3.41. The molecule has 6 nitrogen and oxygen atoms in total. The highest BCUT2D eigenvalue weighted by molar-refractivity contribution is 5.87. The molecule has 2 N–H and O–H groups in total. The van der Waals surface area contributed by atoms with Gasteiger partial charge in [0, 0.05) is 19.3 Å². The van der Waals surface area contributed by atoms with Crippen LogP contribution >= 0.6 is 0 Å². The Morgan fingerprint density at radius 2 is 1.70 bits per heavy atom. The molecule has 0 spiro atoms. The van der Waals surface area contributed by atoms with Gasteiger partial charge >= 0.3 is 0 Å². The van der Waals surface area contributed by atoms with Crippen molar-refractivity contribution in [2.45, 2.75) is 20.4 Å². The van der Waals surface area contributed by atoms with Gasteiger partial charge in [-0.2, -0.15) is 15.1 Å². The van der Waals surface area contributed by atoms with E-state index in [0.717, 1.165) is 22.5 Å². The van der Waals surface area contributed by atoms with E-state index < -0.39 is 0 Å². The molecule has 0 amide bonds. The normalized spacial score (nSPS) is 10.9. The summed E-state index contributed by atoms with van der Waals surface area (Å²) in [6.45, 7) is 4.84. The molecule has 4 aromatic rings. The van der Waals surface area contributed by atoms with Crippen LogP contribution in [0.25, 0.3) is 11.0 Å². The second-order valence-corrected chi connectivity index (χ2v) is 6.74. The quantitative estimate of drug-likeness (QED) is 0.556. The van der Waals surface area contributed by atoms with Crippen LogP contribution in [-0.4, -0.2) is 19.7 Å². The molecule has 136 valence electrons. The van der Waals surface area contributed by atoms with Gasteiger partial charge in [0.2, 0.25) is 5.95 Å². The highest BCUT2D eigenvalue weighted by Crippen LogP contribution is 2.24. The summed E-state index contributed by atoms with van der Waals surface area (Å²) in [7, 11) is 1.89. The molecule has 0 unspecified atom stereocenters. The predicted octanol–water partition coefficient (Wildman–Crippen LogP) is 4.34. The summed E-state index contributed by atoms with van der Waals surface area (Å²) in [5.74, 6) is 1.32. The number of nitrogens with zero attached hydrogens (tertiary/aromatic N) is 4. The number of rotatable bonds is 5. The van der Waals surface area contributed by atoms with Crippen LogP contribution in [0.5, 0.6) is 0 Å². The SMILES string of the molecule is Cc1cc(C)cc(Nc2nc(NCc3ccccc3)c3cnn(C)c3n2)c1. The van der Waals surface area contributed by atoms with E-state index in [1.54, 1.807) is 10.9 Å². The summed E-state index contributed by atoms with van der Waals surface area (Å²) in [6.07, 6.45) is 1.79. The predicted molar refractivity (Wildman–Crippen MR) is 109 cm³/mol. The van der Waals surface area contributed by atoms with Gasteiger partial charge in [0.05, 0.1) is 11.6 Å². The van der Waals surface area contributed by atoms with E-state index in [1.165, 1.54) is 16.7 Å². The first kappa shape index (κ1) is 17.0. The van der Waals surface area contributed by atoms with E-state index >= 15 is 0 Å². The molecular formula is C21H22N6.